The van der Waals surface area contributed by atoms with Gasteiger partial charge in [-0.25, -0.2) is 4.99 Å². The lowest BCUT2D eigenvalue weighted by Gasteiger charge is -2.40. The summed E-state index contributed by atoms with van der Waals surface area (Å²) in [6.45, 7) is 8.61. The number of aryl methyl sites for hydroxylation is 1. The summed E-state index contributed by atoms with van der Waals surface area (Å²) in [6.07, 6.45) is 4.22. The number of benzene rings is 2. The quantitative estimate of drug-likeness (QED) is 0.672. The Kier molecular flexibility index (Phi) is 4.87. The van der Waals surface area contributed by atoms with Crippen LogP contribution in [0.15, 0.2) is 58.4 Å². The fourth-order valence-corrected chi connectivity index (χ4v) is 4.48. The number of hydrogen-bond acceptors (Lipinski definition) is 4. The lowest BCUT2D eigenvalue weighted by atomic mass is 9.88. The van der Waals surface area contributed by atoms with Gasteiger partial charge in [0.05, 0.1) is 16.1 Å². The minimum atomic E-state index is -0.107. The molecule has 2 aromatic carbocycles. The van der Waals surface area contributed by atoms with E-state index in [1.165, 1.54) is 34.1 Å². The lowest BCUT2D eigenvalue weighted by Crippen LogP contribution is -2.42. The van der Waals surface area contributed by atoms with E-state index >= 15 is 0 Å². The average Bonchev–Trinajstić information content (AvgIpc) is 3.00. The summed E-state index contributed by atoms with van der Waals surface area (Å²) in [5.41, 5.74) is 6.69. The van der Waals surface area contributed by atoms with Gasteiger partial charge in [-0.05, 0) is 80.9 Å². The second kappa shape index (κ2) is 7.23. The molecule has 2 heterocycles. The highest BCUT2D eigenvalue weighted by atomic mass is 32.2. The summed E-state index contributed by atoms with van der Waals surface area (Å²) in [4.78, 5) is 19.9. The van der Waals surface area contributed by atoms with Gasteiger partial charge in [0.1, 0.15) is 0 Å². The molecule has 2 aliphatic rings. The minimum Gasteiger partial charge on any atom is -0.366 e. The molecule has 1 saturated heterocycles. The average molecular weight is 404 g/mol. The van der Waals surface area contributed by atoms with Crippen molar-refractivity contribution < 1.29 is 4.79 Å². The van der Waals surface area contributed by atoms with Gasteiger partial charge < -0.3 is 10.2 Å². The highest BCUT2D eigenvalue weighted by Gasteiger charge is 2.29. The number of thioether (sulfide) groups is 1. The Morgan fingerprint density at radius 2 is 1.83 bits per heavy atom. The monoisotopic (exact) mass is 403 g/mol. The van der Waals surface area contributed by atoms with Crippen LogP contribution in [0.4, 0.5) is 11.4 Å². The number of carbonyl (C=O) groups is 1. The standard InChI is InChI=1S/C24H25N3OS/c1-15-6-9-18(10-7-15)25-23-26-22(28)21(29-23)13-17-8-11-20-19(12-17)16(2)14-24(3,4)27(20)5/h6-14H,1-5H3,(H,25,26,28)/b21-13+. The first-order chi connectivity index (χ1) is 13.7. The Labute approximate surface area is 176 Å². The summed E-state index contributed by atoms with van der Waals surface area (Å²) < 4.78 is 0. The van der Waals surface area contributed by atoms with Gasteiger partial charge in [0.15, 0.2) is 5.17 Å². The lowest BCUT2D eigenvalue weighted by molar-refractivity contribution is -0.115. The maximum absolute atomic E-state index is 12.4. The first-order valence-electron chi connectivity index (χ1n) is 9.67. The van der Waals surface area contributed by atoms with E-state index < -0.39 is 0 Å². The number of amidine groups is 1. The fraction of sp³-hybridized carbons (Fsp3) is 0.250. The van der Waals surface area contributed by atoms with Crippen molar-refractivity contribution in [3.63, 3.8) is 0 Å². The van der Waals surface area contributed by atoms with Gasteiger partial charge in [-0.3, -0.25) is 4.79 Å². The molecule has 0 atom stereocenters. The summed E-state index contributed by atoms with van der Waals surface area (Å²) >= 11 is 1.38. The number of allylic oxidation sites excluding steroid dienone is 1. The molecule has 0 bridgehead atoms. The normalized spacial score (nSPS) is 20.7. The number of nitrogens with one attached hydrogen (secondary N) is 1. The third kappa shape index (κ3) is 3.87. The predicted octanol–water partition coefficient (Wildman–Crippen LogP) is 5.52. The van der Waals surface area contributed by atoms with E-state index in [1.54, 1.807) is 0 Å². The molecule has 5 heteroatoms. The van der Waals surface area contributed by atoms with Crippen LogP contribution in [0.1, 0.15) is 37.5 Å². The van der Waals surface area contributed by atoms with Crippen LogP contribution in [0.5, 0.6) is 0 Å². The summed E-state index contributed by atoms with van der Waals surface area (Å²) in [6, 6.07) is 14.3. The van der Waals surface area contributed by atoms with Gasteiger partial charge in [-0.1, -0.05) is 29.8 Å². The molecule has 0 unspecified atom stereocenters. The van der Waals surface area contributed by atoms with Crippen molar-refractivity contribution in [3.8, 4) is 0 Å². The summed E-state index contributed by atoms with van der Waals surface area (Å²) in [5.74, 6) is -0.107. The molecule has 4 rings (SSSR count). The number of fused-ring (bicyclic) bond motifs is 1. The predicted molar refractivity (Wildman–Crippen MR) is 125 cm³/mol. The van der Waals surface area contributed by atoms with E-state index in [0.717, 1.165) is 11.3 Å². The second-order valence-corrected chi connectivity index (χ2v) is 9.16. The van der Waals surface area contributed by atoms with E-state index in [1.807, 2.05) is 37.3 Å². The number of amides is 1. The molecule has 1 amide bonds. The van der Waals surface area contributed by atoms with E-state index in [0.29, 0.717) is 10.1 Å². The number of nitrogens with zero attached hydrogens (tertiary/aromatic N) is 2. The maximum Gasteiger partial charge on any atom is 0.264 e. The first-order valence-corrected chi connectivity index (χ1v) is 10.5. The summed E-state index contributed by atoms with van der Waals surface area (Å²) in [5, 5.41) is 3.47. The SMILES string of the molecule is CC1=CC(C)(C)N(C)c2ccc(/C=C3/SC(=Nc4ccc(C)cc4)NC3=O)cc21. The Balaban J connectivity index is 1.61. The Hall–Kier alpha value is -2.79. The van der Waals surface area contributed by atoms with E-state index in [2.05, 4.69) is 67.3 Å². The van der Waals surface area contributed by atoms with Crippen molar-refractivity contribution in [1.82, 2.24) is 5.32 Å². The molecule has 0 spiro atoms. The third-order valence-corrected chi connectivity index (χ3v) is 6.36. The number of anilines is 1. The van der Waals surface area contributed by atoms with Crippen molar-refractivity contribution in [3.05, 3.63) is 70.1 Å². The molecule has 0 aliphatic carbocycles. The van der Waals surface area contributed by atoms with E-state index in [-0.39, 0.29) is 11.4 Å². The van der Waals surface area contributed by atoms with Crippen LogP contribution >= 0.6 is 11.8 Å². The zero-order valence-corrected chi connectivity index (χ0v) is 18.2. The fourth-order valence-electron chi connectivity index (χ4n) is 3.64. The Morgan fingerprint density at radius 1 is 1.10 bits per heavy atom. The summed E-state index contributed by atoms with van der Waals surface area (Å²) in [7, 11) is 2.12. The van der Waals surface area contributed by atoms with Gasteiger partial charge in [0.25, 0.3) is 5.91 Å². The van der Waals surface area contributed by atoms with Crippen molar-refractivity contribution in [2.24, 2.45) is 4.99 Å². The highest BCUT2D eigenvalue weighted by molar-refractivity contribution is 8.18. The number of rotatable bonds is 2. The molecular weight excluding hydrogens is 378 g/mol. The molecule has 148 valence electrons. The molecule has 1 fully saturated rings. The largest absolute Gasteiger partial charge is 0.366 e. The van der Waals surface area contributed by atoms with Gasteiger partial charge in [-0.2, -0.15) is 0 Å². The van der Waals surface area contributed by atoms with Gasteiger partial charge in [0.2, 0.25) is 0 Å². The van der Waals surface area contributed by atoms with Crippen LogP contribution in [0, 0.1) is 6.92 Å². The molecule has 29 heavy (non-hydrogen) atoms. The number of carbonyl (C=O) groups excluding carboxylic acids is 1. The van der Waals surface area contributed by atoms with Crippen LogP contribution in [0.2, 0.25) is 0 Å². The number of aliphatic imine (C=N–C) groups is 1. The van der Waals surface area contributed by atoms with E-state index in [4.69, 9.17) is 0 Å². The van der Waals surface area contributed by atoms with Crippen molar-refractivity contribution >= 4 is 45.9 Å². The second-order valence-electron chi connectivity index (χ2n) is 8.13. The van der Waals surface area contributed by atoms with Crippen molar-refractivity contribution in [2.75, 3.05) is 11.9 Å². The molecule has 0 saturated carbocycles. The molecule has 2 aliphatic heterocycles. The zero-order chi connectivity index (χ0) is 20.8. The van der Waals surface area contributed by atoms with Crippen molar-refractivity contribution in [1.29, 1.82) is 0 Å². The molecule has 4 nitrogen and oxygen atoms in total. The number of likely N-dealkylation sites (N-methyl/N-ethyl adjacent to an activating group) is 1. The van der Waals surface area contributed by atoms with Gasteiger partial charge in [-0.15, -0.1) is 0 Å². The van der Waals surface area contributed by atoms with Crippen LogP contribution in [0.3, 0.4) is 0 Å². The molecule has 2 aromatic rings. The Morgan fingerprint density at radius 3 is 2.55 bits per heavy atom. The smallest absolute Gasteiger partial charge is 0.264 e. The van der Waals surface area contributed by atoms with Crippen molar-refractivity contribution in [2.45, 2.75) is 33.2 Å². The van der Waals surface area contributed by atoms with Crippen LogP contribution in [-0.2, 0) is 4.79 Å². The van der Waals surface area contributed by atoms with Gasteiger partial charge >= 0.3 is 0 Å². The van der Waals surface area contributed by atoms with E-state index in [9.17, 15) is 4.79 Å². The molecular formula is C24H25N3OS. The minimum absolute atomic E-state index is 0.0143. The third-order valence-electron chi connectivity index (χ3n) is 5.45. The van der Waals surface area contributed by atoms with Crippen LogP contribution < -0.4 is 10.2 Å². The zero-order valence-electron chi connectivity index (χ0n) is 17.4. The highest BCUT2D eigenvalue weighted by Crippen LogP contribution is 2.39. The molecule has 0 aromatic heterocycles. The first kappa shape index (κ1) is 19.5. The molecule has 1 N–H and O–H groups in total. The van der Waals surface area contributed by atoms with Crippen LogP contribution in [0.25, 0.3) is 11.6 Å². The molecule has 0 radical (unpaired) electrons. The maximum atomic E-state index is 12.4. The van der Waals surface area contributed by atoms with Crippen LogP contribution in [-0.4, -0.2) is 23.7 Å². The topological polar surface area (TPSA) is 44.7 Å². The Bertz CT molecular complexity index is 1080. The van der Waals surface area contributed by atoms with Gasteiger partial charge in [0, 0.05) is 18.3 Å². The number of hydrogen-bond donors (Lipinski definition) is 1.